The highest BCUT2D eigenvalue weighted by atomic mass is 32.1. The lowest BCUT2D eigenvalue weighted by molar-refractivity contribution is 0.0847. The number of carbonyl (C=O) groups excluding carboxylic acids is 2. The van der Waals surface area contributed by atoms with Gasteiger partial charge in [-0.3, -0.25) is 20.4 Å². The molecule has 2 amide bonds. The van der Waals surface area contributed by atoms with Gasteiger partial charge in [0.05, 0.1) is 11.1 Å². The van der Waals surface area contributed by atoms with Gasteiger partial charge in [0.25, 0.3) is 11.8 Å². The Labute approximate surface area is 130 Å². The largest absolute Gasteiger partial charge is 0.360 e. The molecule has 0 aliphatic heterocycles. The quantitative estimate of drug-likeness (QED) is 0.432. The van der Waals surface area contributed by atoms with Crippen LogP contribution in [0.5, 0.6) is 0 Å². The fourth-order valence-corrected chi connectivity index (χ4v) is 2.34. The number of aromatic amines is 2. The molecule has 1 aromatic carbocycles. The lowest BCUT2D eigenvalue weighted by atomic mass is 10.2. The standard InChI is InChI=1S/C15H12N4O2S/c20-13(10-5-3-7-16-15(10)22)18-19-14(21)11-8-17-12-6-2-1-4-9(11)12/h1-8,17H,(H,16,22)(H,18,20)(H,19,21). The van der Waals surface area contributed by atoms with Crippen molar-refractivity contribution in [3.05, 3.63) is 64.6 Å². The third-order valence-corrected chi connectivity index (χ3v) is 3.52. The summed E-state index contributed by atoms with van der Waals surface area (Å²) in [5.41, 5.74) is 6.33. The normalized spacial score (nSPS) is 10.4. The van der Waals surface area contributed by atoms with Crippen molar-refractivity contribution in [1.29, 1.82) is 0 Å². The molecular formula is C15H12N4O2S. The van der Waals surface area contributed by atoms with E-state index in [0.29, 0.717) is 10.2 Å². The molecule has 0 radical (unpaired) electrons. The van der Waals surface area contributed by atoms with Crippen molar-refractivity contribution >= 4 is 34.9 Å². The first-order valence-electron chi connectivity index (χ1n) is 6.51. The van der Waals surface area contributed by atoms with Crippen LogP contribution in [0, 0.1) is 4.64 Å². The minimum Gasteiger partial charge on any atom is -0.360 e. The van der Waals surface area contributed by atoms with Crippen molar-refractivity contribution in [3.63, 3.8) is 0 Å². The van der Waals surface area contributed by atoms with Crippen LogP contribution in [0.15, 0.2) is 48.8 Å². The van der Waals surface area contributed by atoms with Gasteiger partial charge in [0.2, 0.25) is 0 Å². The molecule has 2 aromatic heterocycles. The summed E-state index contributed by atoms with van der Waals surface area (Å²) in [6, 6.07) is 10.6. The summed E-state index contributed by atoms with van der Waals surface area (Å²) >= 11 is 5.02. The van der Waals surface area contributed by atoms with Gasteiger partial charge in [0, 0.05) is 23.3 Å². The second-order valence-electron chi connectivity index (χ2n) is 4.57. The summed E-state index contributed by atoms with van der Waals surface area (Å²) in [5.74, 6) is -0.883. The van der Waals surface area contributed by atoms with Crippen LogP contribution >= 0.6 is 12.2 Å². The van der Waals surface area contributed by atoms with Crippen LogP contribution in [0.25, 0.3) is 10.9 Å². The van der Waals surface area contributed by atoms with E-state index in [0.717, 1.165) is 10.9 Å². The molecule has 0 saturated carbocycles. The van der Waals surface area contributed by atoms with E-state index in [2.05, 4.69) is 20.8 Å². The number of hydrazine groups is 1. The van der Waals surface area contributed by atoms with Crippen LogP contribution in [-0.2, 0) is 0 Å². The number of carbonyl (C=O) groups is 2. The van der Waals surface area contributed by atoms with Crippen molar-refractivity contribution in [2.75, 3.05) is 0 Å². The van der Waals surface area contributed by atoms with Gasteiger partial charge >= 0.3 is 0 Å². The number of benzene rings is 1. The SMILES string of the molecule is O=C(NNC(=O)c1c[nH]c2ccccc12)c1ccc[nH]c1=S. The zero-order valence-corrected chi connectivity index (χ0v) is 12.2. The van der Waals surface area contributed by atoms with Gasteiger partial charge in [-0.15, -0.1) is 0 Å². The molecule has 0 fully saturated rings. The summed E-state index contributed by atoms with van der Waals surface area (Å²) in [6.45, 7) is 0. The van der Waals surface area contributed by atoms with Gasteiger partial charge in [-0.1, -0.05) is 30.4 Å². The second kappa shape index (κ2) is 5.82. The van der Waals surface area contributed by atoms with Gasteiger partial charge in [0.1, 0.15) is 4.64 Å². The number of hydrogen-bond acceptors (Lipinski definition) is 3. The van der Waals surface area contributed by atoms with Crippen molar-refractivity contribution in [3.8, 4) is 0 Å². The number of para-hydroxylation sites is 1. The molecule has 0 aliphatic rings. The molecule has 6 nitrogen and oxygen atoms in total. The number of aromatic nitrogens is 2. The molecule has 0 aliphatic carbocycles. The molecule has 2 heterocycles. The van der Waals surface area contributed by atoms with Crippen LogP contribution in [0.3, 0.4) is 0 Å². The number of pyridine rings is 1. The van der Waals surface area contributed by atoms with E-state index in [9.17, 15) is 9.59 Å². The average molecular weight is 312 g/mol. The van der Waals surface area contributed by atoms with Gasteiger partial charge < -0.3 is 9.97 Å². The number of rotatable bonds is 2. The van der Waals surface area contributed by atoms with Crippen molar-refractivity contribution in [2.24, 2.45) is 0 Å². The monoisotopic (exact) mass is 312 g/mol. The fraction of sp³-hybridized carbons (Fsp3) is 0. The Hall–Kier alpha value is -2.93. The summed E-state index contributed by atoms with van der Waals surface area (Å²) in [4.78, 5) is 29.9. The molecule has 0 spiro atoms. The van der Waals surface area contributed by atoms with E-state index < -0.39 is 11.8 Å². The minimum absolute atomic E-state index is 0.289. The van der Waals surface area contributed by atoms with Crippen LogP contribution in [0.4, 0.5) is 0 Å². The highest BCUT2D eigenvalue weighted by Gasteiger charge is 2.13. The molecule has 7 heteroatoms. The molecule has 0 atom stereocenters. The third-order valence-electron chi connectivity index (χ3n) is 3.19. The predicted octanol–water partition coefficient (Wildman–Crippen LogP) is 2.30. The minimum atomic E-state index is -0.477. The molecule has 22 heavy (non-hydrogen) atoms. The summed E-state index contributed by atoms with van der Waals surface area (Å²) in [6.07, 6.45) is 3.23. The topological polar surface area (TPSA) is 89.8 Å². The van der Waals surface area contributed by atoms with Crippen LogP contribution in [0.1, 0.15) is 20.7 Å². The fourth-order valence-electron chi connectivity index (χ4n) is 2.11. The number of fused-ring (bicyclic) bond motifs is 1. The average Bonchev–Trinajstić information content (AvgIpc) is 2.97. The zero-order valence-electron chi connectivity index (χ0n) is 11.3. The second-order valence-corrected chi connectivity index (χ2v) is 4.98. The molecule has 3 aromatic rings. The van der Waals surface area contributed by atoms with E-state index in [-0.39, 0.29) is 5.56 Å². The van der Waals surface area contributed by atoms with E-state index in [1.165, 1.54) is 0 Å². The van der Waals surface area contributed by atoms with Crippen molar-refractivity contribution in [1.82, 2.24) is 20.8 Å². The Balaban J connectivity index is 1.74. The molecule has 0 unspecified atom stereocenters. The maximum absolute atomic E-state index is 12.2. The first-order chi connectivity index (χ1) is 10.7. The predicted molar refractivity (Wildman–Crippen MR) is 84.9 cm³/mol. The highest BCUT2D eigenvalue weighted by molar-refractivity contribution is 7.71. The summed E-state index contributed by atoms with van der Waals surface area (Å²) in [5, 5.41) is 0.784. The Bertz CT molecular complexity index is 913. The van der Waals surface area contributed by atoms with Gasteiger partial charge in [0.15, 0.2) is 0 Å². The number of nitrogens with one attached hydrogen (secondary N) is 4. The Morgan fingerprint density at radius 2 is 1.64 bits per heavy atom. The van der Waals surface area contributed by atoms with Crippen LogP contribution in [0.2, 0.25) is 0 Å². The first kappa shape index (κ1) is 14.0. The van der Waals surface area contributed by atoms with Crippen molar-refractivity contribution < 1.29 is 9.59 Å². The van der Waals surface area contributed by atoms with Crippen LogP contribution in [-0.4, -0.2) is 21.8 Å². The van der Waals surface area contributed by atoms with Crippen LogP contribution < -0.4 is 10.9 Å². The van der Waals surface area contributed by atoms with E-state index in [1.54, 1.807) is 24.5 Å². The maximum Gasteiger partial charge on any atom is 0.272 e. The molecule has 0 bridgehead atoms. The zero-order chi connectivity index (χ0) is 15.5. The van der Waals surface area contributed by atoms with E-state index >= 15 is 0 Å². The Morgan fingerprint density at radius 3 is 2.41 bits per heavy atom. The lowest BCUT2D eigenvalue weighted by Crippen LogP contribution is -2.41. The molecular weight excluding hydrogens is 300 g/mol. The number of H-pyrrole nitrogens is 2. The highest BCUT2D eigenvalue weighted by Crippen LogP contribution is 2.17. The van der Waals surface area contributed by atoms with E-state index in [4.69, 9.17) is 12.2 Å². The van der Waals surface area contributed by atoms with E-state index in [1.807, 2.05) is 24.3 Å². The molecule has 3 rings (SSSR count). The number of hydrogen-bond donors (Lipinski definition) is 4. The Kier molecular flexibility index (Phi) is 3.71. The van der Waals surface area contributed by atoms with Gasteiger partial charge in [-0.05, 0) is 18.2 Å². The van der Waals surface area contributed by atoms with Crippen molar-refractivity contribution in [2.45, 2.75) is 0 Å². The smallest absolute Gasteiger partial charge is 0.272 e. The summed E-state index contributed by atoms with van der Waals surface area (Å²) in [7, 11) is 0. The summed E-state index contributed by atoms with van der Waals surface area (Å²) < 4.78 is 0.307. The maximum atomic E-state index is 12.2. The van der Waals surface area contributed by atoms with Gasteiger partial charge in [-0.25, -0.2) is 0 Å². The lowest BCUT2D eigenvalue weighted by Gasteiger charge is -2.06. The Morgan fingerprint density at radius 1 is 0.909 bits per heavy atom. The molecule has 110 valence electrons. The molecule has 0 saturated heterocycles. The third kappa shape index (κ3) is 2.61. The molecule has 4 N–H and O–H groups in total. The van der Waals surface area contributed by atoms with Gasteiger partial charge in [-0.2, -0.15) is 0 Å². The first-order valence-corrected chi connectivity index (χ1v) is 6.92. The number of amides is 2.